The number of carbonyl (C=O) groups excluding carboxylic acids is 2. The highest BCUT2D eigenvalue weighted by atomic mass is 127. The van der Waals surface area contributed by atoms with Gasteiger partial charge in [0.15, 0.2) is 0 Å². The molecule has 1 amide bonds. The highest BCUT2D eigenvalue weighted by Crippen LogP contribution is 2.28. The fourth-order valence-electron chi connectivity index (χ4n) is 2.33. The Morgan fingerprint density at radius 1 is 1.25 bits per heavy atom. The van der Waals surface area contributed by atoms with E-state index in [4.69, 9.17) is 4.74 Å². The second kappa shape index (κ2) is 7.37. The molecule has 1 atom stereocenters. The van der Waals surface area contributed by atoms with Gasteiger partial charge in [-0.1, -0.05) is 24.3 Å². The molecule has 0 radical (unpaired) electrons. The fourth-order valence-corrected chi connectivity index (χ4v) is 2.82. The van der Waals surface area contributed by atoms with Crippen LogP contribution in [-0.2, 0) is 14.3 Å². The molecule has 4 nitrogen and oxygen atoms in total. The van der Waals surface area contributed by atoms with Crippen LogP contribution < -0.4 is 5.32 Å². The van der Waals surface area contributed by atoms with Gasteiger partial charge < -0.3 is 10.1 Å². The van der Waals surface area contributed by atoms with Crippen LogP contribution in [0.15, 0.2) is 36.4 Å². The molecule has 0 aromatic heterocycles. The Labute approximate surface area is 149 Å². The quantitative estimate of drug-likeness (QED) is 0.573. The SMILES string of the molecule is COC(=O)C(CNC(=O)C(F)(F)F)c1cccc2ccc(I)cc12. The van der Waals surface area contributed by atoms with E-state index in [2.05, 4.69) is 22.6 Å². The number of halogens is 4. The van der Waals surface area contributed by atoms with Crippen molar-refractivity contribution in [1.82, 2.24) is 5.32 Å². The Hall–Kier alpha value is -1.84. The monoisotopic (exact) mass is 451 g/mol. The van der Waals surface area contributed by atoms with E-state index in [1.165, 1.54) is 0 Å². The minimum atomic E-state index is -5.01. The Kier molecular flexibility index (Phi) is 5.68. The van der Waals surface area contributed by atoms with Crippen LogP contribution in [0.4, 0.5) is 13.2 Å². The Morgan fingerprint density at radius 3 is 2.58 bits per heavy atom. The lowest BCUT2D eigenvalue weighted by Gasteiger charge is -2.18. The van der Waals surface area contributed by atoms with Crippen LogP contribution in [0.3, 0.4) is 0 Å². The van der Waals surface area contributed by atoms with Crippen LogP contribution in [0.25, 0.3) is 10.8 Å². The van der Waals surface area contributed by atoms with Crippen LogP contribution in [-0.4, -0.2) is 31.7 Å². The predicted molar refractivity (Wildman–Crippen MR) is 90.5 cm³/mol. The van der Waals surface area contributed by atoms with E-state index in [-0.39, 0.29) is 0 Å². The van der Waals surface area contributed by atoms with E-state index in [0.29, 0.717) is 5.56 Å². The number of alkyl halides is 3. The molecule has 2 rings (SSSR count). The average Bonchev–Trinajstić information content (AvgIpc) is 2.53. The number of amides is 1. The summed E-state index contributed by atoms with van der Waals surface area (Å²) in [5.41, 5.74) is 0.500. The molecule has 0 aliphatic rings. The molecule has 2 aromatic rings. The molecule has 0 spiro atoms. The minimum Gasteiger partial charge on any atom is -0.468 e. The lowest BCUT2D eigenvalue weighted by Crippen LogP contribution is -2.40. The lowest BCUT2D eigenvalue weighted by atomic mass is 9.93. The molecular weight excluding hydrogens is 438 g/mol. The third-order valence-electron chi connectivity index (χ3n) is 3.46. The van der Waals surface area contributed by atoms with Crippen molar-refractivity contribution >= 4 is 45.2 Å². The lowest BCUT2D eigenvalue weighted by molar-refractivity contribution is -0.173. The summed E-state index contributed by atoms with van der Waals surface area (Å²) in [7, 11) is 1.15. The first-order chi connectivity index (χ1) is 11.2. The Bertz CT molecular complexity index is 777. The molecule has 8 heteroatoms. The first-order valence-electron chi connectivity index (χ1n) is 6.85. The molecule has 0 heterocycles. The maximum absolute atomic E-state index is 12.4. The fraction of sp³-hybridized carbons (Fsp3) is 0.250. The van der Waals surface area contributed by atoms with Crippen molar-refractivity contribution in [3.05, 3.63) is 45.5 Å². The number of methoxy groups -OCH3 is 1. The van der Waals surface area contributed by atoms with Crippen molar-refractivity contribution in [3.63, 3.8) is 0 Å². The number of carbonyl (C=O) groups is 2. The molecule has 1 N–H and O–H groups in total. The van der Waals surface area contributed by atoms with Gasteiger partial charge in [0.05, 0.1) is 13.0 Å². The largest absolute Gasteiger partial charge is 0.471 e. The smallest absolute Gasteiger partial charge is 0.468 e. The van der Waals surface area contributed by atoms with Crippen LogP contribution in [0.2, 0.25) is 0 Å². The second-order valence-electron chi connectivity index (χ2n) is 5.00. The van der Waals surface area contributed by atoms with Gasteiger partial charge in [-0.15, -0.1) is 0 Å². The van der Waals surface area contributed by atoms with Crippen LogP contribution >= 0.6 is 22.6 Å². The van der Waals surface area contributed by atoms with Gasteiger partial charge in [0.25, 0.3) is 0 Å². The normalized spacial score (nSPS) is 12.7. The van der Waals surface area contributed by atoms with E-state index in [1.807, 2.05) is 24.3 Å². The van der Waals surface area contributed by atoms with Gasteiger partial charge in [-0.3, -0.25) is 9.59 Å². The van der Waals surface area contributed by atoms with Crippen molar-refractivity contribution in [3.8, 4) is 0 Å². The number of fused-ring (bicyclic) bond motifs is 1. The van der Waals surface area contributed by atoms with Gasteiger partial charge >= 0.3 is 18.1 Å². The van der Waals surface area contributed by atoms with Crippen molar-refractivity contribution in [2.75, 3.05) is 13.7 Å². The van der Waals surface area contributed by atoms with Crippen molar-refractivity contribution in [1.29, 1.82) is 0 Å². The first kappa shape index (κ1) is 18.5. The standard InChI is InChI=1S/C16H13F3INO3/c1-24-14(22)13(8-21-15(23)16(17,18)19)11-4-2-3-9-5-6-10(20)7-12(9)11/h2-7,13H,8H2,1H3,(H,21,23). The zero-order chi connectivity index (χ0) is 17.9. The number of hydrogen-bond acceptors (Lipinski definition) is 3. The first-order valence-corrected chi connectivity index (χ1v) is 7.93. The topological polar surface area (TPSA) is 55.4 Å². The summed E-state index contributed by atoms with van der Waals surface area (Å²) in [6.07, 6.45) is -5.01. The zero-order valence-corrected chi connectivity index (χ0v) is 14.6. The van der Waals surface area contributed by atoms with E-state index in [1.54, 1.807) is 17.4 Å². The number of hydrogen-bond donors (Lipinski definition) is 1. The third kappa shape index (κ3) is 4.16. The molecular formula is C16H13F3INO3. The van der Waals surface area contributed by atoms with Gasteiger partial charge in [-0.2, -0.15) is 13.2 Å². The van der Waals surface area contributed by atoms with Crippen molar-refractivity contribution in [2.24, 2.45) is 0 Å². The summed E-state index contributed by atoms with van der Waals surface area (Å²) in [5, 5.41) is 3.31. The highest BCUT2D eigenvalue weighted by Gasteiger charge is 2.39. The summed E-state index contributed by atoms with van der Waals surface area (Å²) in [5.74, 6) is -3.85. The molecule has 0 saturated carbocycles. The van der Waals surface area contributed by atoms with Gasteiger partial charge in [0.2, 0.25) is 0 Å². The number of benzene rings is 2. The third-order valence-corrected chi connectivity index (χ3v) is 4.13. The summed E-state index contributed by atoms with van der Waals surface area (Å²) in [6, 6.07) is 10.7. The maximum Gasteiger partial charge on any atom is 0.471 e. The molecule has 1 unspecified atom stereocenters. The van der Waals surface area contributed by atoms with Gasteiger partial charge in [0.1, 0.15) is 0 Å². The molecule has 128 valence electrons. The molecule has 24 heavy (non-hydrogen) atoms. The zero-order valence-electron chi connectivity index (χ0n) is 12.5. The second-order valence-corrected chi connectivity index (χ2v) is 6.24. The molecule has 0 saturated heterocycles. The van der Waals surface area contributed by atoms with Crippen molar-refractivity contribution in [2.45, 2.75) is 12.1 Å². The van der Waals surface area contributed by atoms with E-state index in [9.17, 15) is 22.8 Å². The van der Waals surface area contributed by atoms with Gasteiger partial charge in [-0.25, -0.2) is 0 Å². The van der Waals surface area contributed by atoms with E-state index < -0.39 is 30.5 Å². The van der Waals surface area contributed by atoms with Crippen LogP contribution in [0, 0.1) is 3.57 Å². The average molecular weight is 451 g/mol. The van der Waals surface area contributed by atoms with Gasteiger partial charge in [-0.05, 0) is 51.1 Å². The summed E-state index contributed by atoms with van der Waals surface area (Å²) < 4.78 is 42.7. The minimum absolute atomic E-state index is 0.500. The highest BCUT2D eigenvalue weighted by molar-refractivity contribution is 14.1. The summed E-state index contributed by atoms with van der Waals surface area (Å²) in [4.78, 5) is 23.1. The van der Waals surface area contributed by atoms with E-state index in [0.717, 1.165) is 21.5 Å². The van der Waals surface area contributed by atoms with Crippen LogP contribution in [0.5, 0.6) is 0 Å². The van der Waals surface area contributed by atoms with Crippen molar-refractivity contribution < 1.29 is 27.5 Å². The Balaban J connectivity index is 2.40. The van der Waals surface area contributed by atoms with Gasteiger partial charge in [0, 0.05) is 10.1 Å². The molecule has 2 aromatic carbocycles. The molecule has 0 fully saturated rings. The number of esters is 1. The number of ether oxygens (including phenoxy) is 1. The predicted octanol–water partition coefficient (Wildman–Crippen LogP) is 3.38. The van der Waals surface area contributed by atoms with E-state index >= 15 is 0 Å². The Morgan fingerprint density at radius 2 is 1.96 bits per heavy atom. The molecule has 0 aliphatic carbocycles. The number of nitrogens with one attached hydrogen (secondary N) is 1. The van der Waals surface area contributed by atoms with Crippen LogP contribution in [0.1, 0.15) is 11.5 Å². The molecule has 0 aliphatic heterocycles. The summed E-state index contributed by atoms with van der Waals surface area (Å²) >= 11 is 2.10. The molecule has 0 bridgehead atoms. The number of rotatable bonds is 4. The maximum atomic E-state index is 12.4. The summed E-state index contributed by atoms with van der Waals surface area (Å²) in [6.45, 7) is -0.504.